The summed E-state index contributed by atoms with van der Waals surface area (Å²) < 4.78 is 23.5. The van der Waals surface area contributed by atoms with E-state index in [9.17, 15) is 9.11 Å². The van der Waals surface area contributed by atoms with Gasteiger partial charge in [0.1, 0.15) is 59.0 Å². The number of rotatable bonds is 0. The number of hydrogen-bond donors (Lipinski definition) is 0. The summed E-state index contributed by atoms with van der Waals surface area (Å²) in [6.45, 7) is 0. The molecule has 1 aliphatic heterocycles. The van der Waals surface area contributed by atoms with Crippen molar-refractivity contribution in [2.24, 2.45) is 0 Å². The molecule has 0 radical (unpaired) electrons. The molecule has 1 aliphatic rings. The molecule has 0 aromatic heterocycles. The van der Waals surface area contributed by atoms with Gasteiger partial charge >= 0.3 is 0 Å². The highest BCUT2D eigenvalue weighted by atomic mass is 127. The minimum atomic E-state index is -1.01. The van der Waals surface area contributed by atoms with Crippen molar-refractivity contribution in [3.8, 4) is 0 Å². The lowest BCUT2D eigenvalue weighted by Crippen LogP contribution is -2.28. The maximum absolute atomic E-state index is 11.1. The smallest absolute Gasteiger partial charge is 0.143 e. The Hall–Kier alpha value is 1.31. The van der Waals surface area contributed by atoms with Crippen LogP contribution in [0.1, 0.15) is 12.8 Å². The summed E-state index contributed by atoms with van der Waals surface area (Å²) in [6, 6.07) is 0. The topological polar surface area (TPSA) is 49.4 Å². The summed E-state index contributed by atoms with van der Waals surface area (Å²) >= 11 is -0.159. The Balaban J connectivity index is 2.46. The van der Waals surface area contributed by atoms with Crippen molar-refractivity contribution in [1.82, 2.24) is 1.92 Å². The van der Waals surface area contributed by atoms with Crippen LogP contribution in [-0.4, -0.2) is 22.5 Å². The van der Waals surface area contributed by atoms with Gasteiger partial charge in [-0.05, 0) is 12.8 Å². The van der Waals surface area contributed by atoms with Gasteiger partial charge < -0.3 is 9.11 Å². The molecule has 3 nitrogen and oxygen atoms in total. The van der Waals surface area contributed by atoms with Gasteiger partial charge in [0, 0.05) is 0 Å². The molecule has 0 N–H and O–H groups in total. The van der Waals surface area contributed by atoms with E-state index in [0.29, 0.717) is 11.5 Å². The average molecular weight is 293 g/mol. The Labute approximate surface area is 80.7 Å². The fourth-order valence-corrected chi connectivity index (χ4v) is 4.25. The van der Waals surface area contributed by atoms with Crippen LogP contribution in [0.2, 0.25) is 0 Å². The predicted octanol–water partition coefficient (Wildman–Crippen LogP) is 0.760. The van der Waals surface area contributed by atoms with Crippen LogP contribution in [0.5, 0.6) is 0 Å². The van der Waals surface area contributed by atoms with Crippen molar-refractivity contribution in [1.29, 1.82) is 0 Å². The van der Waals surface area contributed by atoms with Crippen LogP contribution in [0.4, 0.5) is 0 Å². The Morgan fingerprint density at radius 3 is 1.90 bits per heavy atom. The summed E-state index contributed by atoms with van der Waals surface area (Å²) in [6.07, 6.45) is 1.86. The first-order valence-corrected chi connectivity index (χ1v) is 6.46. The zero-order valence-electron chi connectivity index (χ0n) is 5.29. The van der Waals surface area contributed by atoms with Gasteiger partial charge in [0.15, 0.2) is 0 Å². The van der Waals surface area contributed by atoms with E-state index in [4.69, 9.17) is 0 Å². The predicted molar refractivity (Wildman–Crippen MR) is 51.1 cm³/mol. The first kappa shape index (κ1) is 9.40. The highest BCUT2D eigenvalue weighted by molar-refractivity contribution is 14.1. The zero-order valence-corrected chi connectivity index (χ0v) is 9.08. The van der Waals surface area contributed by atoms with E-state index in [1.165, 1.54) is 1.92 Å². The van der Waals surface area contributed by atoms with Gasteiger partial charge in [0.25, 0.3) is 0 Å². The first-order valence-electron chi connectivity index (χ1n) is 2.94. The van der Waals surface area contributed by atoms with Crippen molar-refractivity contribution in [2.45, 2.75) is 12.8 Å². The van der Waals surface area contributed by atoms with Gasteiger partial charge in [0.2, 0.25) is 0 Å². The van der Waals surface area contributed by atoms with Gasteiger partial charge in [-0.1, -0.05) is 0 Å². The standard InChI is InChI=1S/C4H8INO2S2/c5-6-9(7)3-1-2-4-10(6)8/h1-4H2. The second-order valence-electron chi connectivity index (χ2n) is 1.97. The molecule has 0 aromatic carbocycles. The first-order chi connectivity index (χ1) is 4.72. The molecule has 0 amide bonds. The third-order valence-electron chi connectivity index (χ3n) is 1.21. The molecule has 0 saturated carbocycles. The minimum Gasteiger partial charge on any atom is -0.594 e. The van der Waals surface area contributed by atoms with Crippen LogP contribution in [0.15, 0.2) is 0 Å². The second kappa shape index (κ2) is 4.36. The quantitative estimate of drug-likeness (QED) is 0.376. The molecule has 10 heavy (non-hydrogen) atoms. The van der Waals surface area contributed by atoms with E-state index >= 15 is 0 Å². The van der Waals surface area contributed by atoms with Crippen LogP contribution < -0.4 is 0 Å². The molecular weight excluding hydrogens is 285 g/mol. The largest absolute Gasteiger partial charge is 0.594 e. The van der Waals surface area contributed by atoms with Crippen molar-refractivity contribution in [3.05, 3.63) is 0 Å². The summed E-state index contributed by atoms with van der Waals surface area (Å²) in [4.78, 5) is 0. The molecular formula is C4H8INO2S2. The van der Waals surface area contributed by atoms with Gasteiger partial charge in [-0.3, -0.25) is 0 Å². The normalized spacial score (nSPS) is 37.5. The molecule has 0 aromatic rings. The highest BCUT2D eigenvalue weighted by Gasteiger charge is 2.31. The SMILES string of the molecule is [O-][S+]1CCCC[S+]([O-])N1I. The Morgan fingerprint density at radius 2 is 1.50 bits per heavy atom. The molecule has 1 rings (SSSR count). The third-order valence-corrected chi connectivity index (χ3v) is 6.76. The Bertz CT molecular complexity index is 105. The lowest BCUT2D eigenvalue weighted by molar-refractivity contribution is 0.562. The van der Waals surface area contributed by atoms with E-state index < -0.39 is 22.7 Å². The van der Waals surface area contributed by atoms with Gasteiger partial charge in [0.05, 0.1) is 0 Å². The van der Waals surface area contributed by atoms with Crippen LogP contribution in [-0.2, 0) is 22.7 Å². The minimum absolute atomic E-state index is 0.661. The van der Waals surface area contributed by atoms with E-state index in [1.54, 1.807) is 0 Å². The molecule has 1 saturated heterocycles. The second-order valence-corrected chi connectivity index (χ2v) is 7.31. The van der Waals surface area contributed by atoms with Crippen molar-refractivity contribution >= 4 is 45.6 Å². The van der Waals surface area contributed by atoms with Gasteiger partial charge in [-0.15, -0.1) is 0 Å². The van der Waals surface area contributed by atoms with E-state index in [2.05, 4.69) is 0 Å². The third kappa shape index (κ3) is 2.42. The molecule has 6 heteroatoms. The molecule has 2 atom stereocenters. The number of hydrogen-bond acceptors (Lipinski definition) is 3. The maximum Gasteiger partial charge on any atom is 0.143 e. The summed E-state index contributed by atoms with van der Waals surface area (Å²) in [5, 5.41) is 0. The number of halogens is 1. The summed E-state index contributed by atoms with van der Waals surface area (Å²) in [5.74, 6) is 1.32. The highest BCUT2D eigenvalue weighted by Crippen LogP contribution is 2.21. The summed E-state index contributed by atoms with van der Waals surface area (Å²) in [5.41, 5.74) is 0. The lowest BCUT2D eigenvalue weighted by atomic mass is 10.4. The molecule has 0 bridgehead atoms. The van der Waals surface area contributed by atoms with E-state index in [0.717, 1.165) is 12.8 Å². The molecule has 2 unspecified atom stereocenters. The van der Waals surface area contributed by atoms with E-state index in [1.807, 2.05) is 22.9 Å². The fourth-order valence-electron chi connectivity index (χ4n) is 0.687. The Morgan fingerprint density at radius 1 is 1.10 bits per heavy atom. The molecule has 0 spiro atoms. The van der Waals surface area contributed by atoms with Crippen molar-refractivity contribution < 1.29 is 9.11 Å². The average Bonchev–Trinajstić information content (AvgIpc) is 2.04. The van der Waals surface area contributed by atoms with Crippen LogP contribution in [0.3, 0.4) is 0 Å². The maximum atomic E-state index is 11.1. The molecule has 1 heterocycles. The van der Waals surface area contributed by atoms with Crippen LogP contribution in [0, 0.1) is 0 Å². The van der Waals surface area contributed by atoms with Gasteiger partial charge in [-0.2, -0.15) is 0 Å². The zero-order chi connectivity index (χ0) is 7.56. The molecule has 60 valence electrons. The fraction of sp³-hybridized carbons (Fsp3) is 1.00. The monoisotopic (exact) mass is 293 g/mol. The summed E-state index contributed by atoms with van der Waals surface area (Å²) in [7, 11) is 0. The molecule has 1 fully saturated rings. The van der Waals surface area contributed by atoms with E-state index in [-0.39, 0.29) is 0 Å². The van der Waals surface area contributed by atoms with Gasteiger partial charge in [-0.25, -0.2) is 0 Å². The lowest BCUT2D eigenvalue weighted by Gasteiger charge is -2.15. The van der Waals surface area contributed by atoms with Crippen LogP contribution in [0.25, 0.3) is 0 Å². The van der Waals surface area contributed by atoms with Crippen LogP contribution >= 0.6 is 22.9 Å². The molecule has 0 aliphatic carbocycles. The Kier molecular flexibility index (Phi) is 4.10. The number of nitrogens with zero attached hydrogens (tertiary/aromatic N) is 1. The van der Waals surface area contributed by atoms with Crippen molar-refractivity contribution in [2.75, 3.05) is 11.5 Å². The van der Waals surface area contributed by atoms with Crippen molar-refractivity contribution in [3.63, 3.8) is 0 Å².